The predicted octanol–water partition coefficient (Wildman–Crippen LogP) is 14.9. The maximum Gasteiger partial charge on any atom is 0.143 e. The molecule has 53 heavy (non-hydrogen) atoms. The number of rotatable bonds is 4. The van der Waals surface area contributed by atoms with Gasteiger partial charge in [-0.05, 0) is 112 Å². The Balaban J connectivity index is 1.16. The van der Waals surface area contributed by atoms with Crippen molar-refractivity contribution in [2.24, 2.45) is 0 Å². The third kappa shape index (κ3) is 4.71. The molecule has 0 amide bonds. The molecule has 10 aromatic carbocycles. The van der Waals surface area contributed by atoms with Crippen LogP contribution in [0.2, 0.25) is 0 Å². The van der Waals surface area contributed by atoms with Crippen LogP contribution in [0.25, 0.3) is 110 Å². The second-order valence-corrected chi connectivity index (χ2v) is 14.0. The van der Waals surface area contributed by atoms with E-state index in [1.54, 1.807) is 0 Å². The molecule has 0 aliphatic carbocycles. The van der Waals surface area contributed by atoms with E-state index in [0.717, 1.165) is 27.7 Å². The number of furan rings is 1. The topological polar surface area (TPSA) is 13.1 Å². The molecule has 0 N–H and O–H groups in total. The summed E-state index contributed by atoms with van der Waals surface area (Å²) in [7, 11) is 0. The molecule has 11 aromatic rings. The summed E-state index contributed by atoms with van der Waals surface area (Å²) in [4.78, 5) is 0. The van der Waals surface area contributed by atoms with Crippen LogP contribution < -0.4 is 0 Å². The third-order valence-corrected chi connectivity index (χ3v) is 11.0. The van der Waals surface area contributed by atoms with Crippen molar-refractivity contribution in [1.82, 2.24) is 0 Å². The Kier molecular flexibility index (Phi) is 6.62. The van der Waals surface area contributed by atoms with Crippen molar-refractivity contribution in [2.75, 3.05) is 0 Å². The fraction of sp³-hybridized carbons (Fsp3) is 0. The van der Waals surface area contributed by atoms with Gasteiger partial charge in [0.2, 0.25) is 0 Å². The van der Waals surface area contributed by atoms with E-state index in [1.807, 2.05) is 0 Å². The van der Waals surface area contributed by atoms with Crippen molar-refractivity contribution >= 4 is 65.0 Å². The normalized spacial score (nSPS) is 11.8. The molecule has 0 saturated carbocycles. The van der Waals surface area contributed by atoms with E-state index in [0.29, 0.717) is 0 Å². The summed E-state index contributed by atoms with van der Waals surface area (Å²) in [5, 5.41) is 12.1. The molecule has 1 nitrogen and oxygen atoms in total. The van der Waals surface area contributed by atoms with Gasteiger partial charge in [-0.25, -0.2) is 0 Å². The Labute approximate surface area is 307 Å². The maximum atomic E-state index is 6.85. The molecule has 0 atom stereocenters. The lowest BCUT2D eigenvalue weighted by molar-refractivity contribution is 0.671. The van der Waals surface area contributed by atoms with Crippen LogP contribution >= 0.6 is 0 Å². The molecule has 0 aliphatic heterocycles. The summed E-state index contributed by atoms with van der Waals surface area (Å²) >= 11 is 0. The van der Waals surface area contributed by atoms with Crippen LogP contribution in [0.5, 0.6) is 0 Å². The lowest BCUT2D eigenvalue weighted by Crippen LogP contribution is -1.91. The average Bonchev–Trinajstić information content (AvgIpc) is 3.60. The Bertz CT molecular complexity index is 3160. The third-order valence-electron chi connectivity index (χ3n) is 11.0. The first-order valence-corrected chi connectivity index (χ1v) is 18.3. The van der Waals surface area contributed by atoms with Crippen LogP contribution in [0.3, 0.4) is 0 Å². The summed E-state index contributed by atoms with van der Waals surface area (Å²) in [6.07, 6.45) is 0. The molecule has 0 saturated heterocycles. The molecule has 246 valence electrons. The zero-order valence-electron chi connectivity index (χ0n) is 28.9. The van der Waals surface area contributed by atoms with E-state index in [1.165, 1.54) is 81.9 Å². The van der Waals surface area contributed by atoms with Crippen molar-refractivity contribution in [3.05, 3.63) is 194 Å². The van der Waals surface area contributed by atoms with Crippen LogP contribution in [0.1, 0.15) is 0 Å². The smallest absolute Gasteiger partial charge is 0.143 e. The minimum Gasteiger partial charge on any atom is -0.455 e. The predicted molar refractivity (Wildman–Crippen MR) is 225 cm³/mol. The molecule has 1 aromatic heterocycles. The number of fused-ring (bicyclic) bond motifs is 8. The summed E-state index contributed by atoms with van der Waals surface area (Å²) in [6.45, 7) is 0. The first-order valence-electron chi connectivity index (χ1n) is 18.3. The second kappa shape index (κ2) is 11.8. The van der Waals surface area contributed by atoms with Crippen LogP contribution in [-0.2, 0) is 0 Å². The molecule has 11 rings (SSSR count). The summed E-state index contributed by atoms with van der Waals surface area (Å²) < 4.78 is 6.85. The van der Waals surface area contributed by atoms with E-state index >= 15 is 0 Å². The number of benzene rings is 10. The molecule has 0 radical (unpaired) electrons. The van der Waals surface area contributed by atoms with Crippen LogP contribution in [0.4, 0.5) is 0 Å². The SMILES string of the molecule is c1ccc(-c2cccc(-c3c4ccccc4c(-c4cccc(-c5cc6ccccc6c6c5oc5cc7ccccc7cc56)c4)c4ccccc34)c2)cc1. The molecule has 1 heteroatoms. The molecule has 0 unspecified atom stereocenters. The van der Waals surface area contributed by atoms with Gasteiger partial charge in [0, 0.05) is 16.3 Å². The number of hydrogen-bond donors (Lipinski definition) is 0. The van der Waals surface area contributed by atoms with E-state index in [-0.39, 0.29) is 0 Å². The molecule has 1 heterocycles. The summed E-state index contributed by atoms with van der Waals surface area (Å²) in [6, 6.07) is 70.5. The highest BCUT2D eigenvalue weighted by Gasteiger charge is 2.20. The lowest BCUT2D eigenvalue weighted by Gasteiger charge is -2.18. The fourth-order valence-electron chi connectivity index (χ4n) is 8.60. The van der Waals surface area contributed by atoms with E-state index < -0.39 is 0 Å². The number of hydrogen-bond acceptors (Lipinski definition) is 1. The zero-order chi connectivity index (χ0) is 34.9. The minimum absolute atomic E-state index is 0.913. The fourth-order valence-corrected chi connectivity index (χ4v) is 8.60. The van der Waals surface area contributed by atoms with E-state index in [9.17, 15) is 0 Å². The standard InChI is InChI=1S/C52H32O/c1-2-14-33(15-3-1)34-19-12-21-39(28-34)49-42-24-8-10-26-44(42)50(45-27-11-9-25-43(45)49)40-22-13-20-37(29-40)46-31-38-18-6-7-23-41(38)51-47-30-35-16-4-5-17-36(35)32-48(47)53-52(46)51/h1-32H. The first kappa shape index (κ1) is 29.7. The molecule has 0 fully saturated rings. The Hall–Kier alpha value is -6.96. The van der Waals surface area contributed by atoms with E-state index in [4.69, 9.17) is 4.42 Å². The highest BCUT2D eigenvalue weighted by atomic mass is 16.3. The van der Waals surface area contributed by atoms with Gasteiger partial charge in [0.1, 0.15) is 11.2 Å². The van der Waals surface area contributed by atoms with Gasteiger partial charge in [-0.2, -0.15) is 0 Å². The summed E-state index contributed by atoms with van der Waals surface area (Å²) in [5.74, 6) is 0. The van der Waals surface area contributed by atoms with Crippen molar-refractivity contribution in [3.8, 4) is 44.5 Å². The van der Waals surface area contributed by atoms with Crippen molar-refractivity contribution in [1.29, 1.82) is 0 Å². The van der Waals surface area contributed by atoms with Crippen LogP contribution in [-0.4, -0.2) is 0 Å². The molecule has 0 spiro atoms. The molecular formula is C52H32O. The Morgan fingerprint density at radius 3 is 1.40 bits per heavy atom. The lowest BCUT2D eigenvalue weighted by atomic mass is 9.85. The van der Waals surface area contributed by atoms with Crippen LogP contribution in [0, 0.1) is 0 Å². The van der Waals surface area contributed by atoms with Gasteiger partial charge in [0.05, 0.1) is 0 Å². The molecule has 0 aliphatic rings. The van der Waals surface area contributed by atoms with Gasteiger partial charge < -0.3 is 4.42 Å². The van der Waals surface area contributed by atoms with Crippen LogP contribution in [0.15, 0.2) is 199 Å². The van der Waals surface area contributed by atoms with Gasteiger partial charge in [-0.15, -0.1) is 0 Å². The zero-order valence-corrected chi connectivity index (χ0v) is 28.9. The van der Waals surface area contributed by atoms with Gasteiger partial charge >= 0.3 is 0 Å². The van der Waals surface area contributed by atoms with Gasteiger partial charge in [-0.1, -0.05) is 164 Å². The van der Waals surface area contributed by atoms with Gasteiger partial charge in [0.15, 0.2) is 0 Å². The monoisotopic (exact) mass is 672 g/mol. The summed E-state index contributed by atoms with van der Waals surface area (Å²) in [5.41, 5.74) is 11.4. The Morgan fingerprint density at radius 1 is 0.283 bits per heavy atom. The van der Waals surface area contributed by atoms with Crippen molar-refractivity contribution < 1.29 is 4.42 Å². The Morgan fingerprint density at radius 2 is 0.755 bits per heavy atom. The first-order chi connectivity index (χ1) is 26.3. The quantitative estimate of drug-likeness (QED) is 0.170. The van der Waals surface area contributed by atoms with E-state index in [2.05, 4.69) is 194 Å². The largest absolute Gasteiger partial charge is 0.455 e. The second-order valence-electron chi connectivity index (χ2n) is 14.0. The van der Waals surface area contributed by atoms with Gasteiger partial charge in [-0.3, -0.25) is 0 Å². The minimum atomic E-state index is 0.913. The maximum absolute atomic E-state index is 6.85. The van der Waals surface area contributed by atoms with Crippen molar-refractivity contribution in [2.45, 2.75) is 0 Å². The van der Waals surface area contributed by atoms with Crippen molar-refractivity contribution in [3.63, 3.8) is 0 Å². The highest BCUT2D eigenvalue weighted by Crippen LogP contribution is 2.46. The molecule has 0 bridgehead atoms. The van der Waals surface area contributed by atoms with Gasteiger partial charge in [0.25, 0.3) is 0 Å². The average molecular weight is 673 g/mol. The molecular weight excluding hydrogens is 641 g/mol. The highest BCUT2D eigenvalue weighted by molar-refractivity contribution is 6.25.